The molecule has 0 atom stereocenters. The molecule has 0 aromatic heterocycles. The quantitative estimate of drug-likeness (QED) is 0.751. The van der Waals surface area contributed by atoms with E-state index in [4.69, 9.17) is 5.14 Å². The van der Waals surface area contributed by atoms with E-state index in [9.17, 15) is 13.2 Å². The van der Waals surface area contributed by atoms with Crippen molar-refractivity contribution in [3.05, 3.63) is 59.8 Å². The van der Waals surface area contributed by atoms with Gasteiger partial charge in [-0.25, -0.2) is 13.6 Å². The number of carbonyl (C=O) groups is 1. The molecule has 4 N–H and O–H groups in total. The van der Waals surface area contributed by atoms with E-state index >= 15 is 0 Å². The minimum Gasteiger partial charge on any atom is -0.358 e. The van der Waals surface area contributed by atoms with Gasteiger partial charge < -0.3 is 10.6 Å². The van der Waals surface area contributed by atoms with Crippen LogP contribution in [0.25, 0.3) is 5.57 Å². The predicted molar refractivity (Wildman–Crippen MR) is 89.1 cm³/mol. The molecule has 118 valence electrons. The molecule has 0 fully saturated rings. The standard InChI is InChI=1S/C16H15N3O3S/c1-10(15-13-4-2-3-5-14(13)19-16(15)20)18-11-6-8-12(9-7-11)23(17,21)22/h2-9,18H,1H3,(H,19,20)(H2,17,21,22)/b15-10-. The van der Waals surface area contributed by atoms with Crippen molar-refractivity contribution in [3.8, 4) is 0 Å². The minimum atomic E-state index is -3.72. The summed E-state index contributed by atoms with van der Waals surface area (Å²) in [6.45, 7) is 1.80. The van der Waals surface area contributed by atoms with Crippen molar-refractivity contribution in [1.29, 1.82) is 0 Å². The Morgan fingerprint density at radius 1 is 1.09 bits per heavy atom. The Bertz CT molecular complexity index is 916. The summed E-state index contributed by atoms with van der Waals surface area (Å²) in [4.78, 5) is 12.2. The van der Waals surface area contributed by atoms with E-state index in [1.165, 1.54) is 12.1 Å². The molecule has 1 aliphatic rings. The number of nitrogens with two attached hydrogens (primary N) is 1. The Kier molecular flexibility index (Phi) is 3.67. The number of sulfonamides is 1. The molecule has 6 nitrogen and oxygen atoms in total. The summed E-state index contributed by atoms with van der Waals surface area (Å²) in [7, 11) is -3.72. The number of hydrogen-bond donors (Lipinski definition) is 3. The van der Waals surface area contributed by atoms with E-state index in [1.54, 1.807) is 19.1 Å². The highest BCUT2D eigenvalue weighted by atomic mass is 32.2. The van der Waals surface area contributed by atoms with E-state index in [1.807, 2.05) is 24.3 Å². The van der Waals surface area contributed by atoms with Gasteiger partial charge in [0.1, 0.15) is 0 Å². The summed E-state index contributed by atoms with van der Waals surface area (Å²) in [5.74, 6) is -0.169. The van der Waals surface area contributed by atoms with Crippen LogP contribution in [0.2, 0.25) is 0 Å². The largest absolute Gasteiger partial charge is 0.358 e. The topological polar surface area (TPSA) is 101 Å². The van der Waals surface area contributed by atoms with Gasteiger partial charge in [-0.15, -0.1) is 0 Å². The first-order valence-corrected chi connectivity index (χ1v) is 8.42. The zero-order valence-electron chi connectivity index (χ0n) is 12.3. The van der Waals surface area contributed by atoms with Crippen LogP contribution < -0.4 is 15.8 Å². The smallest absolute Gasteiger partial charge is 0.258 e. The van der Waals surface area contributed by atoms with E-state index in [2.05, 4.69) is 10.6 Å². The van der Waals surface area contributed by atoms with Crippen LogP contribution in [-0.4, -0.2) is 14.3 Å². The first-order valence-electron chi connectivity index (χ1n) is 6.88. The second-order valence-corrected chi connectivity index (χ2v) is 6.76. The maximum Gasteiger partial charge on any atom is 0.258 e. The summed E-state index contributed by atoms with van der Waals surface area (Å²) < 4.78 is 22.5. The van der Waals surface area contributed by atoms with Crippen molar-refractivity contribution < 1.29 is 13.2 Å². The number of primary sulfonamides is 1. The molecular formula is C16H15N3O3S. The Morgan fingerprint density at radius 2 is 1.74 bits per heavy atom. The molecule has 0 radical (unpaired) electrons. The molecule has 1 aliphatic heterocycles. The average molecular weight is 329 g/mol. The summed E-state index contributed by atoms with van der Waals surface area (Å²) in [5, 5.41) is 11.0. The molecule has 1 heterocycles. The molecule has 2 aromatic rings. The zero-order chi connectivity index (χ0) is 16.6. The first kappa shape index (κ1) is 15.3. The fourth-order valence-corrected chi connectivity index (χ4v) is 3.01. The van der Waals surface area contributed by atoms with Crippen LogP contribution in [-0.2, 0) is 14.8 Å². The van der Waals surface area contributed by atoms with Crippen LogP contribution in [0.5, 0.6) is 0 Å². The second-order valence-electron chi connectivity index (χ2n) is 5.19. The molecule has 0 bridgehead atoms. The lowest BCUT2D eigenvalue weighted by atomic mass is 10.1. The number of para-hydroxylation sites is 1. The maximum atomic E-state index is 12.1. The summed E-state index contributed by atoms with van der Waals surface area (Å²) >= 11 is 0. The fraction of sp³-hybridized carbons (Fsp3) is 0.0625. The van der Waals surface area contributed by atoms with Crippen LogP contribution in [0.4, 0.5) is 11.4 Å². The number of allylic oxidation sites excluding steroid dienone is 1. The monoisotopic (exact) mass is 329 g/mol. The van der Waals surface area contributed by atoms with Gasteiger partial charge >= 0.3 is 0 Å². The highest BCUT2D eigenvalue weighted by molar-refractivity contribution is 7.89. The van der Waals surface area contributed by atoms with Gasteiger partial charge in [-0.05, 0) is 37.3 Å². The van der Waals surface area contributed by atoms with Gasteiger partial charge in [-0.2, -0.15) is 0 Å². The van der Waals surface area contributed by atoms with E-state index in [0.29, 0.717) is 17.0 Å². The minimum absolute atomic E-state index is 0.0392. The lowest BCUT2D eigenvalue weighted by molar-refractivity contribution is -0.110. The SMILES string of the molecule is C/C(Nc1ccc(S(N)(=O)=O)cc1)=C1/C(=O)Nc2ccccc21. The summed E-state index contributed by atoms with van der Waals surface area (Å²) in [6, 6.07) is 13.5. The fourth-order valence-electron chi connectivity index (χ4n) is 2.50. The zero-order valence-corrected chi connectivity index (χ0v) is 13.1. The van der Waals surface area contributed by atoms with E-state index in [-0.39, 0.29) is 10.8 Å². The molecular weight excluding hydrogens is 314 g/mol. The summed E-state index contributed by atoms with van der Waals surface area (Å²) in [5.41, 5.74) is 3.52. The number of hydrogen-bond acceptors (Lipinski definition) is 4. The first-order chi connectivity index (χ1) is 10.9. The van der Waals surface area contributed by atoms with Crippen molar-refractivity contribution in [2.24, 2.45) is 5.14 Å². The summed E-state index contributed by atoms with van der Waals surface area (Å²) in [6.07, 6.45) is 0. The van der Waals surface area contributed by atoms with Crippen molar-refractivity contribution in [3.63, 3.8) is 0 Å². The number of amides is 1. The van der Waals surface area contributed by atoms with Crippen molar-refractivity contribution in [2.75, 3.05) is 10.6 Å². The van der Waals surface area contributed by atoms with Crippen molar-refractivity contribution in [2.45, 2.75) is 11.8 Å². The van der Waals surface area contributed by atoms with Crippen molar-refractivity contribution in [1.82, 2.24) is 0 Å². The van der Waals surface area contributed by atoms with Gasteiger partial charge in [-0.1, -0.05) is 18.2 Å². The van der Waals surface area contributed by atoms with Crippen LogP contribution in [0.3, 0.4) is 0 Å². The molecule has 0 aliphatic carbocycles. The number of rotatable bonds is 3. The van der Waals surface area contributed by atoms with Gasteiger partial charge in [0.25, 0.3) is 5.91 Å². The number of carbonyl (C=O) groups excluding carboxylic acids is 1. The molecule has 0 unspecified atom stereocenters. The highest BCUT2D eigenvalue weighted by Gasteiger charge is 2.25. The molecule has 1 amide bonds. The average Bonchev–Trinajstić information content (AvgIpc) is 2.82. The molecule has 7 heteroatoms. The number of nitrogens with one attached hydrogen (secondary N) is 2. The van der Waals surface area contributed by atoms with Crippen LogP contribution in [0.1, 0.15) is 12.5 Å². The molecule has 0 saturated heterocycles. The van der Waals surface area contributed by atoms with Gasteiger partial charge in [0.15, 0.2) is 0 Å². The van der Waals surface area contributed by atoms with Crippen LogP contribution in [0.15, 0.2) is 59.1 Å². The Hall–Kier alpha value is -2.64. The van der Waals surface area contributed by atoms with Crippen LogP contribution >= 0.6 is 0 Å². The lowest BCUT2D eigenvalue weighted by Crippen LogP contribution is -2.12. The van der Waals surface area contributed by atoms with E-state index < -0.39 is 10.0 Å². The van der Waals surface area contributed by atoms with Gasteiger partial charge in [-0.3, -0.25) is 4.79 Å². The highest BCUT2D eigenvalue weighted by Crippen LogP contribution is 2.33. The normalized spacial score (nSPS) is 15.8. The Morgan fingerprint density at radius 3 is 2.39 bits per heavy atom. The maximum absolute atomic E-state index is 12.1. The molecule has 2 aromatic carbocycles. The molecule has 23 heavy (non-hydrogen) atoms. The lowest BCUT2D eigenvalue weighted by Gasteiger charge is -2.10. The third kappa shape index (κ3) is 2.96. The van der Waals surface area contributed by atoms with Gasteiger partial charge in [0.05, 0.1) is 10.5 Å². The second kappa shape index (κ2) is 5.53. The predicted octanol–water partition coefficient (Wildman–Crippen LogP) is 2.13. The number of benzene rings is 2. The Labute approximate surface area is 134 Å². The molecule has 0 saturated carbocycles. The molecule has 3 rings (SSSR count). The van der Waals surface area contributed by atoms with Crippen LogP contribution in [0, 0.1) is 0 Å². The number of fused-ring (bicyclic) bond motifs is 1. The van der Waals surface area contributed by atoms with Gasteiger partial charge in [0.2, 0.25) is 10.0 Å². The Balaban J connectivity index is 1.92. The van der Waals surface area contributed by atoms with Gasteiger partial charge in [0, 0.05) is 22.6 Å². The van der Waals surface area contributed by atoms with Crippen molar-refractivity contribution >= 4 is 32.9 Å². The molecule has 0 spiro atoms. The third-order valence-electron chi connectivity index (χ3n) is 3.56. The van der Waals surface area contributed by atoms with E-state index in [0.717, 1.165) is 11.3 Å². The third-order valence-corrected chi connectivity index (χ3v) is 4.49. The number of anilines is 2.